The van der Waals surface area contributed by atoms with E-state index in [1.807, 2.05) is 6.07 Å². The molecule has 238 valence electrons. The molecule has 0 bridgehead atoms. The lowest BCUT2D eigenvalue weighted by atomic mass is 9.81. The van der Waals surface area contributed by atoms with Crippen LogP contribution in [0.2, 0.25) is 0 Å². The Balaban J connectivity index is 1.14. The maximum absolute atomic E-state index is 3.46. The summed E-state index contributed by atoms with van der Waals surface area (Å²) >= 11 is 0. The largest absolute Gasteiger partial charge is 0.309 e. The van der Waals surface area contributed by atoms with Crippen LogP contribution < -0.4 is 4.90 Å². The van der Waals surface area contributed by atoms with Crippen LogP contribution in [0.1, 0.15) is 30.5 Å². The van der Waals surface area contributed by atoms with Gasteiger partial charge in [0.25, 0.3) is 0 Å². The molecule has 2 heteroatoms. The number of hydrogen-bond acceptors (Lipinski definition) is 1. The molecule has 0 fully saturated rings. The van der Waals surface area contributed by atoms with Gasteiger partial charge in [-0.05, 0) is 107 Å². The fraction of sp³-hybridized carbons (Fsp3) is 0.0833. The summed E-state index contributed by atoms with van der Waals surface area (Å²) in [5, 5.41) is 1.30. The standard InChI is InChI=1S/C48H36N2/c1-33-13-12-18-41(31-33)50-45-30-25-37(32-43(45)46-47(50)42-19-10-11-20-44(42)48(46,2)3)36-23-28-40(29-24-36)49(38-16-8-5-9-17-38)39-26-21-35(22-27-39)34-14-6-4-7-15-34/h4-21,23-26,28-32H,1-3H3. The van der Waals surface area contributed by atoms with E-state index in [0.29, 0.717) is 0 Å². The number of hydrogen-bond donors (Lipinski definition) is 0. The Kier molecular flexibility index (Phi) is 6.97. The van der Waals surface area contributed by atoms with Gasteiger partial charge in [0.15, 0.2) is 0 Å². The maximum Gasteiger partial charge on any atom is 0.0973 e. The minimum atomic E-state index is -0.124. The number of rotatable bonds is 6. The van der Waals surface area contributed by atoms with Gasteiger partial charge in [-0.2, -0.15) is 0 Å². The van der Waals surface area contributed by atoms with Gasteiger partial charge in [0, 0.05) is 39.0 Å². The SMILES string of the molecule is Cc1cccc(-n2c3c(c4cc(-c5ccc(N(c6c#cc(-c7ccccc7)cc6)c6ccccc6)cc5)ccc42)C(C)(C)c2ccccc2-3)c1. The maximum atomic E-state index is 3.46. The van der Waals surface area contributed by atoms with Crippen LogP contribution in [0.25, 0.3) is 50.1 Å². The van der Waals surface area contributed by atoms with Gasteiger partial charge in [0.05, 0.1) is 16.9 Å². The van der Waals surface area contributed by atoms with E-state index in [1.165, 1.54) is 55.7 Å². The first-order chi connectivity index (χ1) is 24.5. The highest BCUT2D eigenvalue weighted by molar-refractivity contribution is 6.01. The van der Waals surface area contributed by atoms with Crippen molar-refractivity contribution in [3.8, 4) is 39.2 Å². The predicted octanol–water partition coefficient (Wildman–Crippen LogP) is 12.6. The van der Waals surface area contributed by atoms with E-state index in [0.717, 1.165) is 28.2 Å². The molecule has 8 aromatic rings. The number of anilines is 3. The van der Waals surface area contributed by atoms with Gasteiger partial charge < -0.3 is 9.47 Å². The van der Waals surface area contributed by atoms with E-state index in [9.17, 15) is 0 Å². The van der Waals surface area contributed by atoms with E-state index in [-0.39, 0.29) is 5.41 Å². The molecule has 7 aromatic carbocycles. The molecule has 0 atom stereocenters. The smallest absolute Gasteiger partial charge is 0.0973 e. The van der Waals surface area contributed by atoms with Crippen molar-refractivity contribution in [2.24, 2.45) is 0 Å². The van der Waals surface area contributed by atoms with Gasteiger partial charge in [-0.1, -0.05) is 123 Å². The van der Waals surface area contributed by atoms with Crippen LogP contribution in [-0.4, -0.2) is 4.57 Å². The van der Waals surface area contributed by atoms with Crippen molar-refractivity contribution in [1.82, 2.24) is 4.57 Å². The zero-order chi connectivity index (χ0) is 33.8. The highest BCUT2D eigenvalue weighted by Crippen LogP contribution is 2.54. The van der Waals surface area contributed by atoms with E-state index in [1.54, 1.807) is 0 Å². The van der Waals surface area contributed by atoms with Gasteiger partial charge in [0.2, 0.25) is 0 Å². The number of aromatic nitrogens is 1. The Morgan fingerprint density at radius 2 is 1.26 bits per heavy atom. The zero-order valence-corrected chi connectivity index (χ0v) is 28.5. The molecule has 0 aliphatic heterocycles. The number of benzene rings is 6. The average Bonchev–Trinajstić information content (AvgIpc) is 3.63. The molecule has 1 heterocycles. The minimum absolute atomic E-state index is 0.124. The van der Waals surface area contributed by atoms with E-state index in [2.05, 4.69) is 200 Å². The molecule has 0 radical (unpaired) electrons. The van der Waals surface area contributed by atoms with Crippen molar-refractivity contribution in [3.05, 3.63) is 193 Å². The predicted molar refractivity (Wildman–Crippen MR) is 209 cm³/mol. The molecule has 0 unspecified atom stereocenters. The quantitative estimate of drug-likeness (QED) is 0.176. The molecule has 0 spiro atoms. The van der Waals surface area contributed by atoms with Crippen molar-refractivity contribution in [3.63, 3.8) is 0 Å². The summed E-state index contributed by atoms with van der Waals surface area (Å²) in [6.45, 7) is 6.92. The first kappa shape index (κ1) is 29.8. The fourth-order valence-corrected chi connectivity index (χ4v) is 7.86. The lowest BCUT2D eigenvalue weighted by molar-refractivity contribution is 0.666. The van der Waals surface area contributed by atoms with E-state index >= 15 is 0 Å². The second-order valence-electron chi connectivity index (χ2n) is 13.8. The van der Waals surface area contributed by atoms with Crippen molar-refractivity contribution < 1.29 is 0 Å². The minimum Gasteiger partial charge on any atom is -0.309 e. The number of fused-ring (bicyclic) bond motifs is 5. The molecular weight excluding hydrogens is 605 g/mol. The zero-order valence-electron chi connectivity index (χ0n) is 28.5. The number of para-hydroxylation sites is 1. The number of aryl methyl sites for hydroxylation is 1. The molecule has 2 nitrogen and oxygen atoms in total. The van der Waals surface area contributed by atoms with Crippen LogP contribution in [0.15, 0.2) is 164 Å². The first-order valence-corrected chi connectivity index (χ1v) is 17.3. The fourth-order valence-electron chi connectivity index (χ4n) is 7.86. The molecule has 9 rings (SSSR count). The molecule has 0 amide bonds. The van der Waals surface area contributed by atoms with Crippen molar-refractivity contribution in [2.45, 2.75) is 26.2 Å². The topological polar surface area (TPSA) is 8.17 Å². The van der Waals surface area contributed by atoms with Crippen LogP contribution in [0.3, 0.4) is 0 Å². The van der Waals surface area contributed by atoms with Crippen molar-refractivity contribution >= 4 is 28.0 Å². The third-order valence-corrected chi connectivity index (χ3v) is 10.2. The molecule has 1 aliphatic carbocycles. The molecule has 50 heavy (non-hydrogen) atoms. The normalized spacial score (nSPS) is 12.7. The summed E-state index contributed by atoms with van der Waals surface area (Å²) in [5.41, 5.74) is 16.6. The summed E-state index contributed by atoms with van der Waals surface area (Å²) in [7, 11) is 0. The van der Waals surface area contributed by atoms with Gasteiger partial charge in [-0.3, -0.25) is 0 Å². The molecule has 0 N–H and O–H groups in total. The Morgan fingerprint density at radius 1 is 0.560 bits per heavy atom. The Bertz CT molecular complexity index is 2490. The molecule has 1 aromatic heterocycles. The van der Waals surface area contributed by atoms with Crippen LogP contribution in [0.5, 0.6) is 0 Å². The second kappa shape index (κ2) is 11.7. The van der Waals surface area contributed by atoms with Gasteiger partial charge in [-0.25, -0.2) is 0 Å². The summed E-state index contributed by atoms with van der Waals surface area (Å²) in [6.07, 6.45) is 0. The highest BCUT2D eigenvalue weighted by atomic mass is 15.1. The van der Waals surface area contributed by atoms with Crippen LogP contribution in [-0.2, 0) is 5.41 Å². The van der Waals surface area contributed by atoms with Gasteiger partial charge >= 0.3 is 0 Å². The Hall–Kier alpha value is -6.30. The lowest BCUT2D eigenvalue weighted by Gasteiger charge is -2.24. The third kappa shape index (κ3) is 4.82. The first-order valence-electron chi connectivity index (χ1n) is 17.3. The molecule has 0 saturated heterocycles. The van der Waals surface area contributed by atoms with E-state index in [4.69, 9.17) is 0 Å². The van der Waals surface area contributed by atoms with Gasteiger partial charge in [-0.15, -0.1) is 0 Å². The summed E-state index contributed by atoms with van der Waals surface area (Å²) < 4.78 is 2.48. The lowest BCUT2D eigenvalue weighted by Crippen LogP contribution is -2.14. The van der Waals surface area contributed by atoms with Crippen LogP contribution >= 0.6 is 0 Å². The van der Waals surface area contributed by atoms with Crippen LogP contribution in [0.4, 0.5) is 17.1 Å². The third-order valence-electron chi connectivity index (χ3n) is 10.2. The average molecular weight is 641 g/mol. The highest BCUT2D eigenvalue weighted by Gasteiger charge is 2.40. The monoisotopic (exact) mass is 640 g/mol. The van der Waals surface area contributed by atoms with Crippen molar-refractivity contribution in [2.75, 3.05) is 4.90 Å². The Morgan fingerprint density at radius 3 is 2.00 bits per heavy atom. The molecular formula is C48H36N2. The summed E-state index contributed by atoms with van der Waals surface area (Å²) in [5.74, 6) is 0. The second-order valence-corrected chi connectivity index (χ2v) is 13.8. The molecule has 1 aliphatic rings. The summed E-state index contributed by atoms with van der Waals surface area (Å²) in [4.78, 5) is 2.24. The molecule has 0 saturated carbocycles. The van der Waals surface area contributed by atoms with E-state index < -0.39 is 0 Å². The van der Waals surface area contributed by atoms with Crippen molar-refractivity contribution in [1.29, 1.82) is 0 Å². The van der Waals surface area contributed by atoms with Crippen LogP contribution in [0, 0.1) is 19.1 Å². The Labute approximate surface area is 294 Å². The number of nitrogens with zero attached hydrogens (tertiary/aromatic N) is 2. The van der Waals surface area contributed by atoms with Gasteiger partial charge in [0.1, 0.15) is 0 Å². The summed E-state index contributed by atoms with van der Waals surface area (Å²) in [6, 6.07) is 65.7.